The van der Waals surface area contributed by atoms with Gasteiger partial charge in [0.05, 0.1) is 10.4 Å². The van der Waals surface area contributed by atoms with Crippen LogP contribution in [0.15, 0.2) is 70.8 Å². The van der Waals surface area contributed by atoms with Crippen LogP contribution < -0.4 is 5.32 Å². The second-order valence-corrected chi connectivity index (χ2v) is 7.60. The van der Waals surface area contributed by atoms with Crippen LogP contribution in [0.2, 0.25) is 0 Å². The molecule has 0 spiro atoms. The first-order chi connectivity index (χ1) is 14.4. The molecule has 0 radical (unpaired) electrons. The van der Waals surface area contributed by atoms with Crippen LogP contribution in [0.25, 0.3) is 10.9 Å². The van der Waals surface area contributed by atoms with Crippen molar-refractivity contribution in [2.24, 2.45) is 0 Å². The maximum Gasteiger partial charge on any atom is 0.301 e. The molecule has 0 aliphatic rings. The van der Waals surface area contributed by atoms with E-state index in [9.17, 15) is 18.9 Å². The SMILES string of the molecule is CNc1ccc2c(Sc3ncccc3[N+](=O)[O-])cn(Cc3cc(F)cc(F)c3)c2c1. The van der Waals surface area contributed by atoms with Crippen molar-refractivity contribution in [1.29, 1.82) is 0 Å². The van der Waals surface area contributed by atoms with E-state index in [4.69, 9.17) is 0 Å². The van der Waals surface area contributed by atoms with Crippen molar-refractivity contribution in [1.82, 2.24) is 9.55 Å². The Balaban J connectivity index is 1.80. The molecule has 2 aromatic heterocycles. The first-order valence-corrected chi connectivity index (χ1v) is 9.79. The van der Waals surface area contributed by atoms with Crippen LogP contribution in [0, 0.1) is 21.7 Å². The molecule has 4 aromatic rings. The van der Waals surface area contributed by atoms with Gasteiger partial charge in [0.1, 0.15) is 11.6 Å². The van der Waals surface area contributed by atoms with Gasteiger partial charge in [-0.2, -0.15) is 0 Å². The molecule has 0 saturated carbocycles. The molecule has 1 N–H and O–H groups in total. The van der Waals surface area contributed by atoms with Gasteiger partial charge in [0, 0.05) is 54.1 Å². The summed E-state index contributed by atoms with van der Waals surface area (Å²) in [5.74, 6) is -1.29. The Kier molecular flexibility index (Phi) is 5.37. The smallest absolute Gasteiger partial charge is 0.301 e. The minimum atomic E-state index is -0.643. The molecule has 2 aromatic carbocycles. The Hall–Kier alpha value is -3.46. The molecule has 0 aliphatic heterocycles. The van der Waals surface area contributed by atoms with E-state index in [1.54, 1.807) is 7.05 Å². The summed E-state index contributed by atoms with van der Waals surface area (Å²) in [7, 11) is 1.79. The third-order valence-corrected chi connectivity index (χ3v) is 5.62. The largest absolute Gasteiger partial charge is 0.388 e. The summed E-state index contributed by atoms with van der Waals surface area (Å²) in [6, 6.07) is 12.0. The zero-order valence-electron chi connectivity index (χ0n) is 15.8. The Morgan fingerprint density at radius 3 is 2.63 bits per heavy atom. The molecule has 0 bridgehead atoms. The monoisotopic (exact) mass is 426 g/mol. The van der Waals surface area contributed by atoms with Crippen LogP contribution in [0.1, 0.15) is 5.56 Å². The van der Waals surface area contributed by atoms with Crippen molar-refractivity contribution in [2.75, 3.05) is 12.4 Å². The van der Waals surface area contributed by atoms with Gasteiger partial charge in [0.2, 0.25) is 0 Å². The zero-order chi connectivity index (χ0) is 21.3. The third-order valence-electron chi connectivity index (χ3n) is 4.56. The minimum absolute atomic E-state index is 0.0811. The highest BCUT2D eigenvalue weighted by Gasteiger charge is 2.19. The number of nitro groups is 1. The van der Waals surface area contributed by atoms with Gasteiger partial charge in [-0.3, -0.25) is 10.1 Å². The zero-order valence-corrected chi connectivity index (χ0v) is 16.6. The first-order valence-electron chi connectivity index (χ1n) is 8.97. The summed E-state index contributed by atoms with van der Waals surface area (Å²) in [5.41, 5.74) is 2.09. The van der Waals surface area contributed by atoms with E-state index >= 15 is 0 Å². The number of halogens is 2. The van der Waals surface area contributed by atoms with Crippen molar-refractivity contribution in [3.63, 3.8) is 0 Å². The van der Waals surface area contributed by atoms with Crippen molar-refractivity contribution in [3.8, 4) is 0 Å². The van der Waals surface area contributed by atoms with Crippen LogP contribution in [0.4, 0.5) is 20.2 Å². The number of fused-ring (bicyclic) bond motifs is 1. The van der Waals surface area contributed by atoms with E-state index in [1.165, 1.54) is 42.2 Å². The van der Waals surface area contributed by atoms with Crippen LogP contribution in [0.5, 0.6) is 0 Å². The van der Waals surface area contributed by atoms with Gasteiger partial charge < -0.3 is 9.88 Å². The molecule has 0 fully saturated rings. The Morgan fingerprint density at radius 2 is 1.93 bits per heavy atom. The van der Waals surface area contributed by atoms with Gasteiger partial charge in [0.15, 0.2) is 5.03 Å². The summed E-state index contributed by atoms with van der Waals surface area (Å²) in [5, 5.41) is 15.5. The van der Waals surface area contributed by atoms with Crippen molar-refractivity contribution >= 4 is 34.0 Å². The number of anilines is 1. The fourth-order valence-corrected chi connectivity index (χ4v) is 4.26. The lowest BCUT2D eigenvalue weighted by Crippen LogP contribution is -1.99. The molecule has 152 valence electrons. The Labute approximate surface area is 174 Å². The number of hydrogen-bond donors (Lipinski definition) is 1. The summed E-state index contributed by atoms with van der Waals surface area (Å²) in [4.78, 5) is 15.8. The van der Waals surface area contributed by atoms with Crippen molar-refractivity contribution in [3.05, 3.63) is 88.2 Å². The maximum atomic E-state index is 13.6. The van der Waals surface area contributed by atoms with Crippen LogP contribution in [-0.2, 0) is 6.54 Å². The summed E-state index contributed by atoms with van der Waals surface area (Å²) in [6.45, 7) is 0.239. The highest BCUT2D eigenvalue weighted by Crippen LogP contribution is 2.38. The highest BCUT2D eigenvalue weighted by atomic mass is 32.2. The lowest BCUT2D eigenvalue weighted by Gasteiger charge is -2.07. The van der Waals surface area contributed by atoms with E-state index in [1.807, 2.05) is 29.0 Å². The second-order valence-electron chi connectivity index (χ2n) is 6.57. The molecule has 6 nitrogen and oxygen atoms in total. The van der Waals surface area contributed by atoms with Gasteiger partial charge in [-0.15, -0.1) is 0 Å². The van der Waals surface area contributed by atoms with E-state index in [0.717, 1.165) is 27.6 Å². The number of rotatable bonds is 6. The van der Waals surface area contributed by atoms with E-state index < -0.39 is 16.6 Å². The third kappa shape index (κ3) is 3.97. The minimum Gasteiger partial charge on any atom is -0.388 e. The number of benzene rings is 2. The molecule has 0 unspecified atom stereocenters. The average molecular weight is 426 g/mol. The molecule has 9 heteroatoms. The van der Waals surface area contributed by atoms with Crippen LogP contribution >= 0.6 is 11.8 Å². The molecule has 0 atom stereocenters. The molecule has 2 heterocycles. The van der Waals surface area contributed by atoms with E-state index in [0.29, 0.717) is 5.56 Å². The van der Waals surface area contributed by atoms with Gasteiger partial charge in [-0.25, -0.2) is 13.8 Å². The van der Waals surface area contributed by atoms with Gasteiger partial charge in [0.25, 0.3) is 0 Å². The van der Waals surface area contributed by atoms with Crippen molar-refractivity contribution in [2.45, 2.75) is 16.5 Å². The van der Waals surface area contributed by atoms with Gasteiger partial charge in [-0.05, 0) is 42.0 Å². The standard InChI is InChI=1S/C21H16F2N4O2S/c1-24-16-4-5-17-19(10-16)26(11-13-7-14(22)9-15(23)8-13)12-20(17)30-21-18(27(28)29)3-2-6-25-21/h2-10,12,24H,11H2,1H3. The Bertz CT molecular complexity index is 1240. The normalized spacial score (nSPS) is 11.0. The van der Waals surface area contributed by atoms with Crippen LogP contribution in [0.3, 0.4) is 0 Å². The average Bonchev–Trinajstić information content (AvgIpc) is 3.04. The molecule has 0 aliphatic carbocycles. The summed E-state index contributed by atoms with van der Waals surface area (Å²) >= 11 is 1.18. The van der Waals surface area contributed by atoms with Crippen molar-refractivity contribution < 1.29 is 13.7 Å². The van der Waals surface area contributed by atoms with E-state index in [2.05, 4.69) is 10.3 Å². The fourth-order valence-electron chi connectivity index (χ4n) is 3.23. The van der Waals surface area contributed by atoms with Crippen LogP contribution in [-0.4, -0.2) is 21.5 Å². The number of hydrogen-bond acceptors (Lipinski definition) is 5. The molecule has 0 saturated heterocycles. The molecule has 30 heavy (non-hydrogen) atoms. The molecule has 4 rings (SSSR count). The molecule has 0 amide bonds. The first kappa shape index (κ1) is 19.8. The molecular formula is C21H16F2N4O2S. The highest BCUT2D eigenvalue weighted by molar-refractivity contribution is 7.99. The second kappa shape index (κ2) is 8.11. The summed E-state index contributed by atoms with van der Waals surface area (Å²) in [6.07, 6.45) is 3.32. The lowest BCUT2D eigenvalue weighted by atomic mass is 10.2. The van der Waals surface area contributed by atoms with E-state index in [-0.39, 0.29) is 17.3 Å². The quantitative estimate of drug-likeness (QED) is 0.327. The fraction of sp³-hybridized carbons (Fsp3) is 0.0952. The number of aromatic nitrogens is 2. The topological polar surface area (TPSA) is 73.0 Å². The van der Waals surface area contributed by atoms with Gasteiger partial charge in [-0.1, -0.05) is 11.8 Å². The lowest BCUT2D eigenvalue weighted by molar-refractivity contribution is -0.388. The summed E-state index contributed by atoms with van der Waals surface area (Å²) < 4.78 is 29.1. The maximum absolute atomic E-state index is 13.6. The number of pyridine rings is 1. The predicted molar refractivity (Wildman–Crippen MR) is 112 cm³/mol. The number of nitrogens with one attached hydrogen (secondary N) is 1. The molecular weight excluding hydrogens is 410 g/mol. The Morgan fingerprint density at radius 1 is 1.17 bits per heavy atom. The predicted octanol–water partition coefficient (Wildman–Crippen LogP) is 5.46. The number of nitrogens with zero attached hydrogens (tertiary/aromatic N) is 3. The van der Waals surface area contributed by atoms with Gasteiger partial charge >= 0.3 is 5.69 Å².